The van der Waals surface area contributed by atoms with Crippen molar-refractivity contribution in [1.29, 1.82) is 0 Å². The van der Waals surface area contributed by atoms with Crippen molar-refractivity contribution in [3.63, 3.8) is 0 Å². The van der Waals surface area contributed by atoms with E-state index in [9.17, 15) is 13.2 Å². The maximum absolute atomic E-state index is 14.2. The molecule has 2 nitrogen and oxygen atoms in total. The fourth-order valence-electron chi connectivity index (χ4n) is 2.85. The van der Waals surface area contributed by atoms with Gasteiger partial charge in [-0.15, -0.1) is 0 Å². The molecule has 0 radical (unpaired) electrons. The number of rotatable bonds is 3. The third kappa shape index (κ3) is 3.76. The Balaban J connectivity index is 2.06. The number of halogens is 7. The van der Waals surface area contributed by atoms with Gasteiger partial charge < -0.3 is 4.84 Å². The number of benzene rings is 2. The summed E-state index contributed by atoms with van der Waals surface area (Å²) < 4.78 is 42.5. The lowest BCUT2D eigenvalue weighted by molar-refractivity contribution is -0.273. The Hall–Kier alpha value is -0.760. The van der Waals surface area contributed by atoms with Crippen LogP contribution in [0.25, 0.3) is 0 Å². The van der Waals surface area contributed by atoms with Crippen LogP contribution in [0.1, 0.15) is 28.4 Å². The van der Waals surface area contributed by atoms with Gasteiger partial charge in [-0.1, -0.05) is 84.5 Å². The summed E-state index contributed by atoms with van der Waals surface area (Å²) in [6, 6.07) is 10.8. The first-order valence-corrected chi connectivity index (χ1v) is 10.3. The summed E-state index contributed by atoms with van der Waals surface area (Å²) in [4.78, 5) is 3.88. The zero-order chi connectivity index (χ0) is 20.0. The molecule has 0 saturated carbocycles. The first-order chi connectivity index (χ1) is 12.6. The Morgan fingerprint density at radius 2 is 1.67 bits per heavy atom. The van der Waals surface area contributed by atoms with Crippen molar-refractivity contribution in [2.75, 3.05) is 0 Å². The van der Waals surface area contributed by atoms with E-state index in [0.29, 0.717) is 5.56 Å². The summed E-state index contributed by atoms with van der Waals surface area (Å²) in [7, 11) is 0. The Morgan fingerprint density at radius 3 is 2.15 bits per heavy atom. The topological polar surface area (TPSA) is 21.6 Å². The predicted molar refractivity (Wildman–Crippen MR) is 108 cm³/mol. The molecule has 3 unspecified atom stereocenters. The van der Waals surface area contributed by atoms with Crippen LogP contribution in [0.5, 0.6) is 0 Å². The summed E-state index contributed by atoms with van der Waals surface area (Å²) >= 11 is 18.5. The SMILES string of the molecule is CC(Br)c1ccc(C2=NOC(c3cc(Cl)cc(Cl)c3)(C(F)(F)F)C2Br)cc1. The molecule has 1 aliphatic rings. The Bertz CT molecular complexity index is 867. The Morgan fingerprint density at radius 1 is 1.11 bits per heavy atom. The van der Waals surface area contributed by atoms with Crippen LogP contribution in [0.4, 0.5) is 13.2 Å². The van der Waals surface area contributed by atoms with Crippen LogP contribution < -0.4 is 0 Å². The van der Waals surface area contributed by atoms with Crippen LogP contribution in [-0.4, -0.2) is 16.7 Å². The molecule has 3 atom stereocenters. The van der Waals surface area contributed by atoms with Crippen molar-refractivity contribution in [1.82, 2.24) is 0 Å². The number of hydrogen-bond donors (Lipinski definition) is 0. The van der Waals surface area contributed by atoms with Crippen molar-refractivity contribution in [2.24, 2.45) is 5.16 Å². The molecule has 0 fully saturated rings. The van der Waals surface area contributed by atoms with Gasteiger partial charge in [-0.25, -0.2) is 0 Å². The van der Waals surface area contributed by atoms with E-state index in [1.807, 2.05) is 19.1 Å². The normalized spacial score (nSPS) is 23.7. The maximum atomic E-state index is 14.2. The minimum Gasteiger partial charge on any atom is -0.373 e. The van der Waals surface area contributed by atoms with Gasteiger partial charge in [0.15, 0.2) is 0 Å². The predicted octanol–water partition coefficient (Wildman–Crippen LogP) is 7.40. The smallest absolute Gasteiger partial charge is 0.373 e. The van der Waals surface area contributed by atoms with Gasteiger partial charge in [-0.2, -0.15) is 13.2 Å². The molecule has 0 saturated heterocycles. The molecule has 144 valence electrons. The van der Waals surface area contributed by atoms with Crippen molar-refractivity contribution < 1.29 is 18.0 Å². The molecule has 1 heterocycles. The standard InChI is InChI=1S/C18H12Br2Cl2F3NO/c1-9(19)10-2-4-11(5-3-10)15-16(20)17(27-26-15,18(23,24)25)12-6-13(21)8-14(22)7-12/h2-9,16H,1H3. The summed E-state index contributed by atoms with van der Waals surface area (Å²) in [5.74, 6) is 0. The monoisotopic (exact) mass is 543 g/mol. The lowest BCUT2D eigenvalue weighted by Gasteiger charge is -2.33. The van der Waals surface area contributed by atoms with Crippen LogP contribution in [-0.2, 0) is 10.4 Å². The van der Waals surface area contributed by atoms with Crippen molar-refractivity contribution in [3.8, 4) is 0 Å². The molecule has 1 aliphatic heterocycles. The second kappa shape index (κ2) is 7.58. The largest absolute Gasteiger partial charge is 0.436 e. The van der Waals surface area contributed by atoms with E-state index in [1.165, 1.54) is 18.2 Å². The average molecular weight is 546 g/mol. The number of hydrogen-bond acceptors (Lipinski definition) is 2. The van der Waals surface area contributed by atoms with Gasteiger partial charge in [-0.3, -0.25) is 0 Å². The maximum Gasteiger partial charge on any atom is 0.436 e. The fraction of sp³-hybridized carbons (Fsp3) is 0.278. The van der Waals surface area contributed by atoms with Crippen molar-refractivity contribution in [2.45, 2.75) is 28.4 Å². The molecule has 0 aromatic heterocycles. The fourth-order valence-corrected chi connectivity index (χ4v) is 4.64. The van der Waals surface area contributed by atoms with E-state index >= 15 is 0 Å². The van der Waals surface area contributed by atoms with Gasteiger partial charge in [-0.05, 0) is 30.7 Å². The lowest BCUT2D eigenvalue weighted by Crippen LogP contribution is -2.50. The molecule has 9 heteroatoms. The van der Waals surface area contributed by atoms with E-state index in [0.717, 1.165) is 5.56 Å². The van der Waals surface area contributed by atoms with Crippen molar-refractivity contribution >= 4 is 60.8 Å². The Labute approximate surface area is 180 Å². The van der Waals surface area contributed by atoms with E-state index in [1.54, 1.807) is 12.1 Å². The molecule has 0 aliphatic carbocycles. The van der Waals surface area contributed by atoms with Crippen LogP contribution in [0.2, 0.25) is 10.0 Å². The molecule has 2 aromatic carbocycles. The molecular weight excluding hydrogens is 534 g/mol. The molecule has 0 N–H and O–H groups in total. The third-order valence-electron chi connectivity index (χ3n) is 4.26. The molecule has 27 heavy (non-hydrogen) atoms. The molecule has 0 amide bonds. The van der Waals surface area contributed by atoms with Gasteiger partial charge in [0.2, 0.25) is 0 Å². The number of alkyl halides is 5. The van der Waals surface area contributed by atoms with E-state index in [2.05, 4.69) is 37.0 Å². The summed E-state index contributed by atoms with van der Waals surface area (Å²) in [5.41, 5.74) is -1.31. The zero-order valence-electron chi connectivity index (χ0n) is 13.7. The molecule has 0 spiro atoms. The average Bonchev–Trinajstić information content (AvgIpc) is 2.92. The highest BCUT2D eigenvalue weighted by molar-refractivity contribution is 9.10. The van der Waals surface area contributed by atoms with E-state index in [4.69, 9.17) is 28.0 Å². The third-order valence-corrected chi connectivity index (χ3v) is 6.31. The van der Waals surface area contributed by atoms with Crippen LogP contribution in [0.3, 0.4) is 0 Å². The molecule has 3 rings (SSSR count). The van der Waals surface area contributed by atoms with Gasteiger partial charge in [0.1, 0.15) is 10.5 Å². The summed E-state index contributed by atoms with van der Waals surface area (Å²) in [6.45, 7) is 1.95. The first-order valence-electron chi connectivity index (χ1n) is 7.74. The van der Waals surface area contributed by atoms with Crippen LogP contribution >= 0.6 is 55.1 Å². The summed E-state index contributed by atoms with van der Waals surface area (Å²) in [6.07, 6.45) is -4.77. The van der Waals surface area contributed by atoms with Crippen LogP contribution in [0.15, 0.2) is 47.6 Å². The second-order valence-corrected chi connectivity index (χ2v) is 9.22. The summed E-state index contributed by atoms with van der Waals surface area (Å²) in [5, 5.41) is 3.92. The quantitative estimate of drug-likeness (QED) is 0.368. The molecular formula is C18H12Br2Cl2F3NO. The highest BCUT2D eigenvalue weighted by Crippen LogP contribution is 2.52. The minimum atomic E-state index is -4.77. The highest BCUT2D eigenvalue weighted by Gasteiger charge is 2.67. The molecule has 2 aromatic rings. The Kier molecular flexibility index (Phi) is 5.88. The minimum absolute atomic E-state index is 0.0773. The lowest BCUT2D eigenvalue weighted by atomic mass is 9.86. The van der Waals surface area contributed by atoms with Gasteiger partial charge in [0.25, 0.3) is 5.60 Å². The van der Waals surface area contributed by atoms with E-state index < -0.39 is 16.6 Å². The highest BCUT2D eigenvalue weighted by atomic mass is 79.9. The number of oxime groups is 1. The molecule has 0 bridgehead atoms. The van der Waals surface area contributed by atoms with Crippen molar-refractivity contribution in [3.05, 3.63) is 69.2 Å². The van der Waals surface area contributed by atoms with Gasteiger partial charge in [0, 0.05) is 26.0 Å². The van der Waals surface area contributed by atoms with Gasteiger partial charge >= 0.3 is 6.18 Å². The van der Waals surface area contributed by atoms with E-state index in [-0.39, 0.29) is 26.1 Å². The van der Waals surface area contributed by atoms with Crippen LogP contribution in [0, 0.1) is 0 Å². The number of nitrogens with zero attached hydrogens (tertiary/aromatic N) is 1. The van der Waals surface area contributed by atoms with Gasteiger partial charge in [0.05, 0.1) is 0 Å². The first kappa shape index (κ1) is 21.0. The zero-order valence-corrected chi connectivity index (χ0v) is 18.4. The second-order valence-electron chi connectivity index (χ2n) is 6.06.